The summed E-state index contributed by atoms with van der Waals surface area (Å²) in [6.07, 6.45) is 0. The third-order valence-electron chi connectivity index (χ3n) is 4.00. The number of quaternary nitrogens is 1. The van der Waals surface area contributed by atoms with Crippen LogP contribution in [0.1, 0.15) is 10.4 Å². The van der Waals surface area contributed by atoms with Crippen molar-refractivity contribution in [3.05, 3.63) is 64.9 Å². The van der Waals surface area contributed by atoms with Gasteiger partial charge in [-0.05, 0) is 30.3 Å². The molecule has 0 bridgehead atoms. The number of benzene rings is 2. The Kier molecular flexibility index (Phi) is 4.41. The smallest absolute Gasteiger partial charge is 0.254 e. The molecule has 0 radical (unpaired) electrons. The fourth-order valence-corrected chi connectivity index (χ4v) is 2.90. The van der Waals surface area contributed by atoms with Gasteiger partial charge >= 0.3 is 0 Å². The number of para-hydroxylation sites is 1. The first-order valence-corrected chi connectivity index (χ1v) is 7.67. The summed E-state index contributed by atoms with van der Waals surface area (Å²) in [5.41, 5.74) is 1.32. The Morgan fingerprint density at radius 1 is 1.05 bits per heavy atom. The first-order chi connectivity index (χ1) is 10.6. The molecule has 3 nitrogen and oxygen atoms in total. The molecule has 2 aromatic carbocycles. The molecular formula is C17H17ClFN2O+. The van der Waals surface area contributed by atoms with Crippen molar-refractivity contribution in [2.24, 2.45) is 0 Å². The molecule has 1 heterocycles. The lowest BCUT2D eigenvalue weighted by Gasteiger charge is -2.32. The predicted octanol–water partition coefficient (Wildman–Crippen LogP) is 2.15. The lowest BCUT2D eigenvalue weighted by molar-refractivity contribution is -0.838. The number of halogens is 2. The average Bonchev–Trinajstić information content (AvgIpc) is 2.56. The molecule has 1 saturated heterocycles. The highest BCUT2D eigenvalue weighted by atomic mass is 35.5. The molecule has 1 aliphatic rings. The van der Waals surface area contributed by atoms with Crippen LogP contribution in [0.3, 0.4) is 0 Å². The molecule has 0 aromatic heterocycles. The minimum absolute atomic E-state index is 0.00394. The maximum atomic E-state index is 13.8. The predicted molar refractivity (Wildman–Crippen MR) is 84.1 cm³/mol. The summed E-state index contributed by atoms with van der Waals surface area (Å²) >= 11 is 5.84. The third-order valence-corrected chi connectivity index (χ3v) is 4.25. The summed E-state index contributed by atoms with van der Waals surface area (Å²) in [5.74, 6) is -0.181. The van der Waals surface area contributed by atoms with Gasteiger partial charge in [0.05, 0.1) is 26.2 Å². The van der Waals surface area contributed by atoms with Crippen molar-refractivity contribution in [3.63, 3.8) is 0 Å². The van der Waals surface area contributed by atoms with E-state index in [9.17, 15) is 9.18 Å². The molecule has 0 unspecified atom stereocenters. The molecule has 0 saturated carbocycles. The van der Waals surface area contributed by atoms with E-state index in [2.05, 4.69) is 0 Å². The van der Waals surface area contributed by atoms with Crippen LogP contribution < -0.4 is 4.90 Å². The van der Waals surface area contributed by atoms with Gasteiger partial charge in [-0.25, -0.2) is 4.39 Å². The van der Waals surface area contributed by atoms with Crippen LogP contribution in [0.2, 0.25) is 5.02 Å². The Morgan fingerprint density at radius 3 is 2.32 bits per heavy atom. The van der Waals surface area contributed by atoms with Gasteiger partial charge in [0.1, 0.15) is 0 Å². The van der Waals surface area contributed by atoms with Crippen molar-refractivity contribution in [1.82, 2.24) is 4.90 Å². The van der Waals surface area contributed by atoms with Crippen LogP contribution in [0.25, 0.3) is 0 Å². The second-order valence-electron chi connectivity index (χ2n) is 5.38. The topological polar surface area (TPSA) is 24.8 Å². The monoisotopic (exact) mass is 319 g/mol. The van der Waals surface area contributed by atoms with Crippen LogP contribution in [0, 0.1) is 5.82 Å². The second kappa shape index (κ2) is 6.46. The standard InChI is InChI=1S/C17H16ClFN2O/c18-14-7-5-13(6-8-14)17(22)21-11-9-20(10-12-21)16-4-2-1-3-15(16)19/h1-8H,9-12H2/p+1. The lowest BCUT2D eigenvalue weighted by Crippen LogP contribution is -3.10. The van der Waals surface area contributed by atoms with Gasteiger partial charge in [0.2, 0.25) is 0 Å². The van der Waals surface area contributed by atoms with Crippen LogP contribution >= 0.6 is 11.6 Å². The van der Waals surface area contributed by atoms with Crippen LogP contribution in [0.15, 0.2) is 48.5 Å². The molecule has 1 fully saturated rings. The van der Waals surface area contributed by atoms with Gasteiger partial charge in [0, 0.05) is 16.7 Å². The van der Waals surface area contributed by atoms with E-state index in [-0.39, 0.29) is 11.7 Å². The van der Waals surface area contributed by atoms with E-state index >= 15 is 0 Å². The van der Waals surface area contributed by atoms with E-state index in [0.29, 0.717) is 42.5 Å². The Morgan fingerprint density at radius 2 is 1.68 bits per heavy atom. The molecule has 114 valence electrons. The molecule has 0 atom stereocenters. The van der Waals surface area contributed by atoms with E-state index in [1.807, 2.05) is 11.0 Å². The summed E-state index contributed by atoms with van der Waals surface area (Å²) in [5, 5.41) is 0.616. The Labute approximate surface area is 133 Å². The minimum Gasteiger partial charge on any atom is -0.327 e. The largest absolute Gasteiger partial charge is 0.327 e. The van der Waals surface area contributed by atoms with Gasteiger partial charge in [-0.2, -0.15) is 0 Å². The van der Waals surface area contributed by atoms with Crippen molar-refractivity contribution in [1.29, 1.82) is 0 Å². The molecule has 5 heteroatoms. The van der Waals surface area contributed by atoms with E-state index in [0.717, 1.165) is 4.90 Å². The number of carbonyl (C=O) groups excluding carboxylic acids is 1. The number of nitrogens with zero attached hydrogens (tertiary/aromatic N) is 1. The maximum Gasteiger partial charge on any atom is 0.254 e. The van der Waals surface area contributed by atoms with Gasteiger partial charge in [-0.15, -0.1) is 0 Å². The number of amides is 1. The normalized spacial score (nSPS) is 15.8. The van der Waals surface area contributed by atoms with Crippen molar-refractivity contribution in [3.8, 4) is 0 Å². The molecule has 1 aliphatic heterocycles. The van der Waals surface area contributed by atoms with E-state index < -0.39 is 0 Å². The second-order valence-corrected chi connectivity index (χ2v) is 5.82. The fourth-order valence-electron chi connectivity index (χ4n) is 2.77. The van der Waals surface area contributed by atoms with Crippen molar-refractivity contribution < 1.29 is 14.1 Å². The van der Waals surface area contributed by atoms with Gasteiger partial charge in [0.15, 0.2) is 11.5 Å². The molecule has 22 heavy (non-hydrogen) atoms. The Hall–Kier alpha value is -1.91. The molecule has 0 aliphatic carbocycles. The Balaban J connectivity index is 1.65. The van der Waals surface area contributed by atoms with E-state index in [1.165, 1.54) is 6.07 Å². The first-order valence-electron chi connectivity index (χ1n) is 7.29. The molecule has 1 N–H and O–H groups in total. The summed E-state index contributed by atoms with van der Waals surface area (Å²) in [6, 6.07) is 13.7. The van der Waals surface area contributed by atoms with Gasteiger partial charge in [-0.1, -0.05) is 23.7 Å². The summed E-state index contributed by atoms with van der Waals surface area (Å²) in [6.45, 7) is 2.65. The molecule has 1 amide bonds. The highest BCUT2D eigenvalue weighted by Crippen LogP contribution is 2.12. The van der Waals surface area contributed by atoms with Gasteiger partial charge < -0.3 is 4.90 Å². The Bertz CT molecular complexity index is 667. The number of carbonyl (C=O) groups is 1. The van der Waals surface area contributed by atoms with E-state index in [4.69, 9.17) is 11.6 Å². The maximum absolute atomic E-state index is 13.8. The van der Waals surface area contributed by atoms with Gasteiger partial charge in [-0.3, -0.25) is 9.69 Å². The molecule has 0 spiro atoms. The van der Waals surface area contributed by atoms with Crippen LogP contribution in [-0.4, -0.2) is 37.0 Å². The van der Waals surface area contributed by atoms with Crippen molar-refractivity contribution in [2.45, 2.75) is 0 Å². The fraction of sp³-hybridized carbons (Fsp3) is 0.235. The van der Waals surface area contributed by atoms with E-state index in [1.54, 1.807) is 36.4 Å². The van der Waals surface area contributed by atoms with Crippen molar-refractivity contribution >= 4 is 23.2 Å². The zero-order valence-corrected chi connectivity index (χ0v) is 12.8. The van der Waals surface area contributed by atoms with Crippen LogP contribution in [-0.2, 0) is 0 Å². The summed E-state index contributed by atoms with van der Waals surface area (Å²) < 4.78 is 13.8. The number of nitrogens with one attached hydrogen (secondary N) is 1. The SMILES string of the molecule is O=C(c1ccc(Cl)cc1)N1CC[NH+](c2ccccc2F)CC1. The first kappa shape index (κ1) is 15.0. The lowest BCUT2D eigenvalue weighted by atomic mass is 10.1. The molecule has 2 aromatic rings. The number of rotatable bonds is 2. The average molecular weight is 320 g/mol. The molecular weight excluding hydrogens is 303 g/mol. The quantitative estimate of drug-likeness (QED) is 0.901. The molecule has 3 rings (SSSR count). The highest BCUT2D eigenvalue weighted by Gasteiger charge is 2.27. The van der Waals surface area contributed by atoms with Crippen LogP contribution in [0.5, 0.6) is 0 Å². The zero-order chi connectivity index (χ0) is 15.5. The third kappa shape index (κ3) is 3.13. The number of piperazine rings is 1. The number of hydrogen-bond acceptors (Lipinski definition) is 1. The summed E-state index contributed by atoms with van der Waals surface area (Å²) in [4.78, 5) is 15.3. The van der Waals surface area contributed by atoms with Gasteiger partial charge in [0.25, 0.3) is 5.91 Å². The van der Waals surface area contributed by atoms with Crippen molar-refractivity contribution in [2.75, 3.05) is 26.2 Å². The zero-order valence-electron chi connectivity index (χ0n) is 12.1. The van der Waals surface area contributed by atoms with Crippen LogP contribution in [0.4, 0.5) is 10.1 Å². The highest BCUT2D eigenvalue weighted by molar-refractivity contribution is 6.30. The number of hydrogen-bond donors (Lipinski definition) is 1. The minimum atomic E-state index is -0.185. The summed E-state index contributed by atoms with van der Waals surface area (Å²) in [7, 11) is 0.